The third kappa shape index (κ3) is 2.68. The van der Waals surface area contributed by atoms with Gasteiger partial charge in [0.15, 0.2) is 0 Å². The van der Waals surface area contributed by atoms with Crippen LogP contribution in [0.25, 0.3) is 0 Å². The number of carboxylic acids is 1. The van der Waals surface area contributed by atoms with Crippen molar-refractivity contribution in [2.24, 2.45) is 0 Å². The predicted molar refractivity (Wildman–Crippen MR) is 76.8 cm³/mol. The molecule has 19 heavy (non-hydrogen) atoms. The van der Waals surface area contributed by atoms with Crippen LogP contribution >= 0.6 is 23.4 Å². The molecule has 6 heteroatoms. The Morgan fingerprint density at radius 2 is 2.11 bits per heavy atom. The molecule has 3 N–H and O–H groups in total. The number of aryl methyl sites for hydroxylation is 1. The molecule has 1 saturated heterocycles. The molecule has 4 nitrogen and oxygen atoms in total. The average Bonchev–Trinajstić information content (AvgIpc) is 2.59. The van der Waals surface area contributed by atoms with E-state index in [-0.39, 0.29) is 11.1 Å². The lowest BCUT2D eigenvalue weighted by atomic mass is 10.0. The van der Waals surface area contributed by atoms with Crippen molar-refractivity contribution in [2.75, 3.05) is 0 Å². The molecule has 0 spiro atoms. The Hall–Kier alpha value is -0.910. The van der Waals surface area contributed by atoms with Crippen molar-refractivity contribution >= 4 is 29.3 Å². The lowest BCUT2D eigenvalue weighted by molar-refractivity contribution is -0.139. The van der Waals surface area contributed by atoms with E-state index in [0.717, 1.165) is 0 Å². The molecule has 1 aromatic carbocycles. The zero-order chi connectivity index (χ0) is 14.4. The summed E-state index contributed by atoms with van der Waals surface area (Å²) < 4.78 is -0.459. The van der Waals surface area contributed by atoms with Crippen LogP contribution in [-0.2, 0) is 4.79 Å². The lowest BCUT2D eigenvalue weighted by Gasteiger charge is -2.20. The van der Waals surface area contributed by atoms with Gasteiger partial charge in [-0.15, -0.1) is 11.8 Å². The number of aliphatic carboxylic acids is 1. The number of benzene rings is 1. The summed E-state index contributed by atoms with van der Waals surface area (Å²) in [4.78, 5) is 11.2. The molecule has 1 fully saturated rings. The SMILES string of the molecule is Cc1cc(Cl)cc(C2NC(C(=O)O)C(C)(C)S2)c1O. The monoisotopic (exact) mass is 301 g/mol. The van der Waals surface area contributed by atoms with Gasteiger partial charge in [-0.05, 0) is 38.5 Å². The topological polar surface area (TPSA) is 69.6 Å². The van der Waals surface area contributed by atoms with E-state index >= 15 is 0 Å². The second-order valence-corrected chi connectivity index (χ2v) is 7.40. The fourth-order valence-corrected chi connectivity index (χ4v) is 3.95. The van der Waals surface area contributed by atoms with E-state index in [1.54, 1.807) is 19.1 Å². The Kier molecular flexibility index (Phi) is 3.73. The van der Waals surface area contributed by atoms with Crippen molar-refractivity contribution in [3.63, 3.8) is 0 Å². The van der Waals surface area contributed by atoms with Crippen molar-refractivity contribution in [2.45, 2.75) is 36.9 Å². The summed E-state index contributed by atoms with van der Waals surface area (Å²) in [5, 5.41) is 22.6. The molecule has 0 bridgehead atoms. The number of hydrogen-bond donors (Lipinski definition) is 3. The maximum absolute atomic E-state index is 11.2. The number of aromatic hydroxyl groups is 1. The highest BCUT2D eigenvalue weighted by Crippen LogP contribution is 2.48. The molecule has 0 radical (unpaired) electrons. The van der Waals surface area contributed by atoms with E-state index < -0.39 is 16.8 Å². The van der Waals surface area contributed by atoms with Crippen molar-refractivity contribution in [1.82, 2.24) is 5.32 Å². The largest absolute Gasteiger partial charge is 0.507 e. The molecule has 2 unspecified atom stereocenters. The molecule has 0 amide bonds. The zero-order valence-corrected chi connectivity index (χ0v) is 12.5. The Morgan fingerprint density at radius 1 is 1.47 bits per heavy atom. The molecule has 0 aromatic heterocycles. The fraction of sp³-hybridized carbons (Fsp3) is 0.462. The molecular weight excluding hydrogens is 286 g/mol. The van der Waals surface area contributed by atoms with Gasteiger partial charge in [-0.2, -0.15) is 0 Å². The predicted octanol–water partition coefficient (Wildman–Crippen LogP) is 2.92. The molecule has 1 aliphatic heterocycles. The number of halogens is 1. The third-order valence-corrected chi connectivity index (χ3v) is 4.95. The van der Waals surface area contributed by atoms with Gasteiger partial charge in [0.2, 0.25) is 0 Å². The molecule has 1 aliphatic rings. The summed E-state index contributed by atoms with van der Waals surface area (Å²) in [6.45, 7) is 5.51. The minimum absolute atomic E-state index is 0.163. The van der Waals surface area contributed by atoms with Crippen molar-refractivity contribution in [1.29, 1.82) is 0 Å². The highest BCUT2D eigenvalue weighted by Gasteiger charge is 2.46. The van der Waals surface area contributed by atoms with Crippen LogP contribution in [0.5, 0.6) is 5.75 Å². The summed E-state index contributed by atoms with van der Waals surface area (Å²) in [5.74, 6) is -0.727. The van der Waals surface area contributed by atoms with Gasteiger partial charge in [-0.3, -0.25) is 10.1 Å². The molecule has 104 valence electrons. The minimum atomic E-state index is -0.891. The maximum atomic E-state index is 11.2. The molecule has 0 saturated carbocycles. The van der Waals surface area contributed by atoms with Gasteiger partial charge >= 0.3 is 5.97 Å². The van der Waals surface area contributed by atoms with Gasteiger partial charge in [-0.25, -0.2) is 0 Å². The van der Waals surface area contributed by atoms with Gasteiger partial charge < -0.3 is 10.2 Å². The van der Waals surface area contributed by atoms with E-state index in [1.807, 2.05) is 13.8 Å². The summed E-state index contributed by atoms with van der Waals surface area (Å²) in [6.07, 6.45) is 0. The highest BCUT2D eigenvalue weighted by atomic mass is 35.5. The van der Waals surface area contributed by atoms with Gasteiger partial charge in [0.05, 0.1) is 5.37 Å². The smallest absolute Gasteiger partial charge is 0.322 e. The van der Waals surface area contributed by atoms with E-state index in [2.05, 4.69) is 5.32 Å². The number of phenols is 1. The summed E-state index contributed by atoms with van der Waals surface area (Å²) in [7, 11) is 0. The Bertz CT molecular complexity index is 533. The Balaban J connectivity index is 2.38. The highest BCUT2D eigenvalue weighted by molar-refractivity contribution is 8.01. The van der Waals surface area contributed by atoms with Crippen molar-refractivity contribution in [3.8, 4) is 5.75 Å². The van der Waals surface area contributed by atoms with Crippen molar-refractivity contribution < 1.29 is 15.0 Å². The van der Waals surface area contributed by atoms with Crippen LogP contribution in [0.1, 0.15) is 30.3 Å². The van der Waals surface area contributed by atoms with E-state index in [1.165, 1.54) is 11.8 Å². The second kappa shape index (κ2) is 4.89. The van der Waals surface area contributed by atoms with Crippen LogP contribution in [-0.4, -0.2) is 27.0 Å². The summed E-state index contributed by atoms with van der Waals surface area (Å²) in [6, 6.07) is 2.69. The Morgan fingerprint density at radius 3 is 2.63 bits per heavy atom. The first-order valence-corrected chi connectivity index (χ1v) is 7.14. The van der Waals surface area contributed by atoms with Crippen LogP contribution in [0.3, 0.4) is 0 Å². The number of rotatable bonds is 2. The number of carbonyl (C=O) groups is 1. The fourth-order valence-electron chi connectivity index (χ4n) is 2.24. The van der Waals surface area contributed by atoms with Crippen LogP contribution in [0.2, 0.25) is 5.02 Å². The van der Waals surface area contributed by atoms with Crippen LogP contribution in [0.15, 0.2) is 12.1 Å². The Labute approximate surface area is 121 Å². The molecule has 2 rings (SSSR count). The number of carboxylic acid groups (broad SMARTS) is 1. The second-order valence-electron chi connectivity index (χ2n) is 5.20. The van der Waals surface area contributed by atoms with Crippen LogP contribution < -0.4 is 5.32 Å². The lowest BCUT2D eigenvalue weighted by Crippen LogP contribution is -2.43. The van der Waals surface area contributed by atoms with Crippen LogP contribution in [0.4, 0.5) is 0 Å². The first-order valence-electron chi connectivity index (χ1n) is 5.88. The van der Waals surface area contributed by atoms with Crippen LogP contribution in [0, 0.1) is 6.92 Å². The summed E-state index contributed by atoms with van der Waals surface area (Å²) >= 11 is 7.48. The quantitative estimate of drug-likeness (QED) is 0.783. The first kappa shape index (κ1) is 14.5. The number of phenolic OH excluding ortho intramolecular Hbond substituents is 1. The molecule has 1 aromatic rings. The molecule has 2 atom stereocenters. The standard InChI is InChI=1S/C13H16ClNO3S/c1-6-4-7(14)5-8(9(6)16)11-15-10(12(17)18)13(2,3)19-11/h4-5,10-11,15-16H,1-3H3,(H,17,18). The van der Waals surface area contributed by atoms with Gasteiger partial charge in [-0.1, -0.05) is 11.6 Å². The number of nitrogens with one attached hydrogen (secondary N) is 1. The normalized spacial score (nSPS) is 25.5. The maximum Gasteiger partial charge on any atom is 0.322 e. The van der Waals surface area contributed by atoms with E-state index in [9.17, 15) is 15.0 Å². The summed E-state index contributed by atoms with van der Waals surface area (Å²) in [5.41, 5.74) is 1.31. The van der Waals surface area contributed by atoms with E-state index in [0.29, 0.717) is 16.1 Å². The molecular formula is C13H16ClNO3S. The van der Waals surface area contributed by atoms with Gasteiger partial charge in [0.25, 0.3) is 0 Å². The van der Waals surface area contributed by atoms with E-state index in [4.69, 9.17) is 11.6 Å². The number of thioether (sulfide) groups is 1. The zero-order valence-electron chi connectivity index (χ0n) is 10.9. The minimum Gasteiger partial charge on any atom is -0.507 e. The number of hydrogen-bond acceptors (Lipinski definition) is 4. The van der Waals surface area contributed by atoms with Gasteiger partial charge in [0.1, 0.15) is 11.8 Å². The average molecular weight is 302 g/mol. The molecule has 1 heterocycles. The first-order chi connectivity index (χ1) is 8.72. The van der Waals surface area contributed by atoms with Gasteiger partial charge in [0, 0.05) is 15.3 Å². The van der Waals surface area contributed by atoms with Crippen molar-refractivity contribution in [3.05, 3.63) is 28.3 Å². The third-order valence-electron chi connectivity index (χ3n) is 3.26. The molecule has 0 aliphatic carbocycles.